The largest absolute Gasteiger partial charge is 0.342 e. The Morgan fingerprint density at radius 3 is 2.84 bits per heavy atom. The zero-order valence-electron chi connectivity index (χ0n) is 10.8. The van der Waals surface area contributed by atoms with Crippen molar-refractivity contribution in [3.8, 4) is 0 Å². The molecule has 0 N–H and O–H groups in total. The number of hydrogen-bond acceptors (Lipinski definition) is 4. The maximum atomic E-state index is 12.3. The highest BCUT2D eigenvalue weighted by Gasteiger charge is 2.46. The number of likely N-dealkylation sites (tertiary alicyclic amines) is 2. The molecule has 2 aliphatic rings. The van der Waals surface area contributed by atoms with Gasteiger partial charge in [-0.2, -0.15) is 10.2 Å². The van der Waals surface area contributed by atoms with E-state index in [-0.39, 0.29) is 23.7 Å². The van der Waals surface area contributed by atoms with Crippen LogP contribution in [0, 0.1) is 11.8 Å². The number of amides is 2. The summed E-state index contributed by atoms with van der Waals surface area (Å²) in [7, 11) is 0. The van der Waals surface area contributed by atoms with Gasteiger partial charge in [0.25, 0.3) is 5.91 Å². The number of nitrogens with zero attached hydrogens (tertiary/aromatic N) is 4. The molecule has 0 bridgehead atoms. The topological polar surface area (TPSA) is 66.4 Å². The molecule has 2 aliphatic heterocycles. The molecule has 3 rings (SSSR count). The van der Waals surface area contributed by atoms with Crippen molar-refractivity contribution in [1.82, 2.24) is 20.0 Å². The first kappa shape index (κ1) is 12.1. The molecule has 1 aromatic heterocycles. The van der Waals surface area contributed by atoms with E-state index in [0.717, 1.165) is 13.1 Å². The molecule has 3 heterocycles. The summed E-state index contributed by atoms with van der Waals surface area (Å²) < 4.78 is 0. The van der Waals surface area contributed by atoms with Gasteiger partial charge in [0.15, 0.2) is 0 Å². The van der Waals surface area contributed by atoms with Gasteiger partial charge >= 0.3 is 0 Å². The number of rotatable bonds is 2. The minimum atomic E-state index is -0.0554. The highest BCUT2D eigenvalue weighted by Crippen LogP contribution is 2.32. The lowest BCUT2D eigenvalue weighted by Gasteiger charge is -2.20. The van der Waals surface area contributed by atoms with Gasteiger partial charge in [-0.3, -0.25) is 9.59 Å². The first-order valence-electron chi connectivity index (χ1n) is 6.55. The van der Waals surface area contributed by atoms with Gasteiger partial charge in [-0.15, -0.1) is 0 Å². The molecule has 0 saturated carbocycles. The summed E-state index contributed by atoms with van der Waals surface area (Å²) in [6.07, 6.45) is 2.98. The number of aromatic nitrogens is 2. The molecule has 2 amide bonds. The third kappa shape index (κ3) is 1.97. The van der Waals surface area contributed by atoms with Crippen LogP contribution in [0.15, 0.2) is 18.5 Å². The molecule has 100 valence electrons. The molecule has 2 saturated heterocycles. The van der Waals surface area contributed by atoms with Gasteiger partial charge in [0.2, 0.25) is 5.91 Å². The van der Waals surface area contributed by atoms with Crippen LogP contribution in [-0.2, 0) is 4.79 Å². The fraction of sp³-hybridized carbons (Fsp3) is 0.538. The summed E-state index contributed by atoms with van der Waals surface area (Å²) in [5.41, 5.74) is 0.537. The van der Waals surface area contributed by atoms with Crippen LogP contribution in [0.25, 0.3) is 0 Å². The van der Waals surface area contributed by atoms with Gasteiger partial charge in [0, 0.05) is 32.1 Å². The van der Waals surface area contributed by atoms with E-state index in [2.05, 4.69) is 10.2 Å². The number of carbonyl (C=O) groups excluding carboxylic acids is 2. The van der Waals surface area contributed by atoms with Crippen molar-refractivity contribution in [2.75, 3.05) is 26.2 Å². The van der Waals surface area contributed by atoms with Gasteiger partial charge in [0.1, 0.15) is 0 Å². The van der Waals surface area contributed by atoms with Crippen LogP contribution in [-0.4, -0.2) is 58.0 Å². The smallest absolute Gasteiger partial charge is 0.255 e. The molecule has 19 heavy (non-hydrogen) atoms. The standard InChI is InChI=1S/C13H16N4O2/c1-2-16-6-10-7-17(8-11(10)13(16)19)12(18)9-3-4-14-15-5-9/h3-5,10-11H,2,6-8H2,1H3/t10-,11+/m1/s1. The number of carbonyl (C=O) groups is 2. The predicted molar refractivity (Wildman–Crippen MR) is 67.2 cm³/mol. The van der Waals surface area contributed by atoms with E-state index in [1.807, 2.05) is 11.8 Å². The van der Waals surface area contributed by atoms with Gasteiger partial charge in [-0.25, -0.2) is 0 Å². The van der Waals surface area contributed by atoms with Crippen LogP contribution in [0.2, 0.25) is 0 Å². The van der Waals surface area contributed by atoms with E-state index < -0.39 is 0 Å². The van der Waals surface area contributed by atoms with Crippen molar-refractivity contribution in [2.45, 2.75) is 6.92 Å². The third-order valence-electron chi connectivity index (χ3n) is 4.02. The maximum Gasteiger partial charge on any atom is 0.255 e. The monoisotopic (exact) mass is 260 g/mol. The van der Waals surface area contributed by atoms with E-state index in [4.69, 9.17) is 0 Å². The van der Waals surface area contributed by atoms with Gasteiger partial charge < -0.3 is 9.80 Å². The van der Waals surface area contributed by atoms with Gasteiger partial charge in [-0.05, 0) is 13.0 Å². The minimum absolute atomic E-state index is 0.0151. The Labute approximate surface area is 111 Å². The van der Waals surface area contributed by atoms with Crippen molar-refractivity contribution in [3.63, 3.8) is 0 Å². The lowest BCUT2D eigenvalue weighted by atomic mass is 10.0. The van der Waals surface area contributed by atoms with Crippen molar-refractivity contribution >= 4 is 11.8 Å². The van der Waals surface area contributed by atoms with Crippen molar-refractivity contribution < 1.29 is 9.59 Å². The molecule has 0 aromatic carbocycles. The molecule has 6 nitrogen and oxygen atoms in total. The van der Waals surface area contributed by atoms with Gasteiger partial charge in [0.05, 0.1) is 23.9 Å². The minimum Gasteiger partial charge on any atom is -0.342 e. The Kier molecular flexibility index (Phi) is 2.93. The van der Waals surface area contributed by atoms with Crippen LogP contribution >= 0.6 is 0 Å². The highest BCUT2D eigenvalue weighted by molar-refractivity contribution is 5.95. The summed E-state index contributed by atoms with van der Waals surface area (Å²) in [5, 5.41) is 7.38. The van der Waals surface area contributed by atoms with Crippen LogP contribution in [0.5, 0.6) is 0 Å². The molecular formula is C13H16N4O2. The van der Waals surface area contributed by atoms with Crippen LogP contribution in [0.3, 0.4) is 0 Å². The SMILES string of the molecule is CCN1C[C@@H]2CN(C(=O)c3ccnnc3)C[C@@H]2C1=O. The molecule has 1 aromatic rings. The highest BCUT2D eigenvalue weighted by atomic mass is 16.2. The summed E-state index contributed by atoms with van der Waals surface area (Å²) in [6.45, 7) is 4.71. The third-order valence-corrected chi connectivity index (χ3v) is 4.02. The summed E-state index contributed by atoms with van der Waals surface area (Å²) >= 11 is 0. The predicted octanol–water partition coefficient (Wildman–Crippen LogP) is 0.0269. The van der Waals surface area contributed by atoms with Crippen LogP contribution < -0.4 is 0 Å². The molecular weight excluding hydrogens is 244 g/mol. The fourth-order valence-electron chi connectivity index (χ4n) is 2.99. The average Bonchev–Trinajstić information content (AvgIpc) is 2.99. The lowest BCUT2D eigenvalue weighted by Crippen LogP contribution is -2.35. The zero-order valence-corrected chi connectivity index (χ0v) is 10.8. The Hall–Kier alpha value is -1.98. The molecule has 0 aliphatic carbocycles. The van der Waals surface area contributed by atoms with Crippen LogP contribution in [0.1, 0.15) is 17.3 Å². The molecule has 6 heteroatoms. The second-order valence-electron chi connectivity index (χ2n) is 5.08. The maximum absolute atomic E-state index is 12.3. The van der Waals surface area contributed by atoms with Crippen molar-refractivity contribution in [1.29, 1.82) is 0 Å². The fourth-order valence-corrected chi connectivity index (χ4v) is 2.99. The molecule has 0 spiro atoms. The number of hydrogen-bond donors (Lipinski definition) is 0. The lowest BCUT2D eigenvalue weighted by molar-refractivity contribution is -0.130. The van der Waals surface area contributed by atoms with Crippen molar-refractivity contribution in [3.05, 3.63) is 24.0 Å². The van der Waals surface area contributed by atoms with E-state index in [0.29, 0.717) is 18.7 Å². The normalized spacial score (nSPS) is 25.8. The van der Waals surface area contributed by atoms with E-state index in [9.17, 15) is 9.59 Å². The second kappa shape index (κ2) is 4.60. The van der Waals surface area contributed by atoms with Crippen LogP contribution in [0.4, 0.5) is 0 Å². The Morgan fingerprint density at radius 2 is 2.21 bits per heavy atom. The average molecular weight is 260 g/mol. The van der Waals surface area contributed by atoms with E-state index >= 15 is 0 Å². The Morgan fingerprint density at radius 1 is 1.37 bits per heavy atom. The first-order valence-corrected chi connectivity index (χ1v) is 6.55. The molecule has 2 atom stereocenters. The second-order valence-corrected chi connectivity index (χ2v) is 5.08. The molecule has 2 fully saturated rings. The van der Waals surface area contributed by atoms with E-state index in [1.54, 1.807) is 11.0 Å². The molecule has 0 unspecified atom stereocenters. The summed E-state index contributed by atoms with van der Waals surface area (Å²) in [5.74, 6) is 0.403. The number of fused-ring (bicyclic) bond motifs is 1. The van der Waals surface area contributed by atoms with Crippen molar-refractivity contribution in [2.24, 2.45) is 11.8 Å². The van der Waals surface area contributed by atoms with Gasteiger partial charge in [-0.1, -0.05) is 0 Å². The Bertz CT molecular complexity index is 505. The summed E-state index contributed by atoms with van der Waals surface area (Å²) in [4.78, 5) is 28.0. The van der Waals surface area contributed by atoms with E-state index in [1.165, 1.54) is 12.4 Å². The molecule has 0 radical (unpaired) electrons. The quantitative estimate of drug-likeness (QED) is 0.752. The summed E-state index contributed by atoms with van der Waals surface area (Å²) in [6, 6.07) is 1.66. The first-order chi connectivity index (χ1) is 9.20. The zero-order chi connectivity index (χ0) is 13.4. The Balaban J connectivity index is 1.72.